The number of rotatable bonds is 1. The number of phenolic OH excluding ortho intramolecular Hbond substituents is 3. The van der Waals surface area contributed by atoms with E-state index in [2.05, 4.69) is 0 Å². The van der Waals surface area contributed by atoms with Crippen LogP contribution in [0, 0.1) is 6.92 Å². The van der Waals surface area contributed by atoms with Gasteiger partial charge in [-0.25, -0.2) is 0 Å². The first-order chi connectivity index (χ1) is 17.1. The van der Waals surface area contributed by atoms with Crippen molar-refractivity contribution in [3.63, 3.8) is 0 Å². The highest BCUT2D eigenvalue weighted by Gasteiger charge is 2.48. The molecule has 1 heterocycles. The first kappa shape index (κ1) is 22.3. The molecular formula is C28H22O8. The van der Waals surface area contributed by atoms with Crippen molar-refractivity contribution in [1.29, 1.82) is 0 Å². The molecule has 3 aromatic rings. The van der Waals surface area contributed by atoms with Crippen molar-refractivity contribution in [3.8, 4) is 28.4 Å². The third kappa shape index (κ3) is 2.82. The third-order valence-corrected chi connectivity index (χ3v) is 7.25. The maximum atomic E-state index is 13.9. The van der Waals surface area contributed by atoms with Crippen molar-refractivity contribution in [3.05, 3.63) is 74.8 Å². The molecule has 0 spiro atoms. The lowest BCUT2D eigenvalue weighted by molar-refractivity contribution is -0.162. The van der Waals surface area contributed by atoms with Crippen LogP contribution in [0.1, 0.15) is 80.2 Å². The fourth-order valence-electron chi connectivity index (χ4n) is 5.90. The van der Waals surface area contributed by atoms with Crippen LogP contribution in [0.25, 0.3) is 11.1 Å². The number of hydrogen-bond acceptors (Lipinski definition) is 8. The van der Waals surface area contributed by atoms with Gasteiger partial charge >= 0.3 is 5.97 Å². The summed E-state index contributed by atoms with van der Waals surface area (Å²) in [6.07, 6.45) is -2.16. The number of carbonyl (C=O) groups is 3. The van der Waals surface area contributed by atoms with E-state index in [1.807, 2.05) is 0 Å². The smallest absolute Gasteiger partial charge is 0.303 e. The molecule has 3 aromatic carbocycles. The summed E-state index contributed by atoms with van der Waals surface area (Å²) in [7, 11) is 0. The van der Waals surface area contributed by atoms with E-state index in [0.29, 0.717) is 16.7 Å². The van der Waals surface area contributed by atoms with Crippen LogP contribution in [-0.4, -0.2) is 39.0 Å². The molecular weight excluding hydrogens is 464 g/mol. The Balaban J connectivity index is 1.79. The van der Waals surface area contributed by atoms with Crippen LogP contribution >= 0.6 is 0 Å². The van der Waals surface area contributed by atoms with Crippen LogP contribution in [0.5, 0.6) is 17.2 Å². The Labute approximate surface area is 205 Å². The van der Waals surface area contributed by atoms with E-state index in [9.17, 15) is 29.7 Å². The van der Waals surface area contributed by atoms with Crippen LogP contribution in [0.4, 0.5) is 0 Å². The molecule has 0 saturated heterocycles. The molecule has 8 heteroatoms. The summed E-state index contributed by atoms with van der Waals surface area (Å²) < 4.78 is 11.8. The lowest BCUT2D eigenvalue weighted by Crippen LogP contribution is -2.37. The van der Waals surface area contributed by atoms with Crippen molar-refractivity contribution < 1.29 is 39.2 Å². The quantitative estimate of drug-likeness (QED) is 0.342. The number of esters is 1. The Morgan fingerprint density at radius 3 is 2.42 bits per heavy atom. The van der Waals surface area contributed by atoms with Crippen molar-refractivity contribution in [1.82, 2.24) is 0 Å². The van der Waals surface area contributed by atoms with E-state index < -0.39 is 41.6 Å². The lowest BCUT2D eigenvalue weighted by atomic mass is 9.70. The molecule has 8 nitrogen and oxygen atoms in total. The highest BCUT2D eigenvalue weighted by molar-refractivity contribution is 6.31. The van der Waals surface area contributed by atoms with Gasteiger partial charge < -0.3 is 24.8 Å². The van der Waals surface area contributed by atoms with E-state index in [1.54, 1.807) is 26.0 Å². The predicted molar refractivity (Wildman–Crippen MR) is 126 cm³/mol. The van der Waals surface area contributed by atoms with Crippen molar-refractivity contribution >= 4 is 17.5 Å². The summed E-state index contributed by atoms with van der Waals surface area (Å²) in [6.45, 7) is 4.73. The molecule has 0 fully saturated rings. The van der Waals surface area contributed by atoms with Gasteiger partial charge in [-0.05, 0) is 37.1 Å². The second-order valence-electron chi connectivity index (χ2n) is 9.53. The van der Waals surface area contributed by atoms with Crippen molar-refractivity contribution in [2.45, 2.75) is 45.5 Å². The van der Waals surface area contributed by atoms with Gasteiger partial charge in [-0.3, -0.25) is 14.4 Å². The number of aryl methyl sites for hydroxylation is 1. The van der Waals surface area contributed by atoms with Crippen LogP contribution in [0.15, 0.2) is 30.3 Å². The topological polar surface area (TPSA) is 130 Å². The van der Waals surface area contributed by atoms with Gasteiger partial charge in [0, 0.05) is 46.7 Å². The molecule has 3 atom stereocenters. The van der Waals surface area contributed by atoms with Crippen LogP contribution in [0.3, 0.4) is 0 Å². The molecule has 182 valence electrons. The van der Waals surface area contributed by atoms with Gasteiger partial charge in [0.2, 0.25) is 0 Å². The molecule has 3 N–H and O–H groups in total. The second-order valence-corrected chi connectivity index (χ2v) is 9.53. The van der Waals surface area contributed by atoms with Gasteiger partial charge in [0.1, 0.15) is 17.2 Å². The molecule has 0 unspecified atom stereocenters. The number of hydrogen-bond donors (Lipinski definition) is 3. The minimum absolute atomic E-state index is 0.0289. The highest BCUT2D eigenvalue weighted by Crippen LogP contribution is 2.57. The number of ketones is 2. The highest BCUT2D eigenvalue weighted by atomic mass is 16.6. The van der Waals surface area contributed by atoms with Gasteiger partial charge in [-0.2, -0.15) is 0 Å². The third-order valence-electron chi connectivity index (χ3n) is 7.25. The maximum absolute atomic E-state index is 13.9. The molecule has 0 amide bonds. The van der Waals surface area contributed by atoms with E-state index in [1.165, 1.54) is 25.1 Å². The summed E-state index contributed by atoms with van der Waals surface area (Å²) in [5, 5.41) is 32.8. The molecule has 1 aliphatic heterocycles. The van der Waals surface area contributed by atoms with Crippen LogP contribution in [-0.2, 0) is 20.7 Å². The first-order valence-electron chi connectivity index (χ1n) is 11.6. The van der Waals surface area contributed by atoms with Gasteiger partial charge in [-0.15, -0.1) is 0 Å². The number of ether oxygens (including phenoxy) is 2. The first-order valence-corrected chi connectivity index (χ1v) is 11.6. The monoisotopic (exact) mass is 486 g/mol. The van der Waals surface area contributed by atoms with Crippen LogP contribution < -0.4 is 0 Å². The molecule has 6 rings (SSSR count). The number of benzene rings is 3. The zero-order chi connectivity index (χ0) is 25.6. The summed E-state index contributed by atoms with van der Waals surface area (Å²) in [4.78, 5) is 39.7. The molecule has 0 aromatic heterocycles. The number of aromatic hydroxyl groups is 3. The normalized spacial score (nSPS) is 21.2. The largest absolute Gasteiger partial charge is 0.508 e. The Kier molecular flexibility index (Phi) is 4.59. The maximum Gasteiger partial charge on any atom is 0.303 e. The average Bonchev–Trinajstić information content (AvgIpc) is 2.80. The minimum Gasteiger partial charge on any atom is -0.508 e. The number of phenols is 3. The summed E-state index contributed by atoms with van der Waals surface area (Å²) >= 11 is 0. The van der Waals surface area contributed by atoms with Gasteiger partial charge in [0.15, 0.2) is 17.7 Å². The lowest BCUT2D eigenvalue weighted by Gasteiger charge is -2.42. The predicted octanol–water partition coefficient (Wildman–Crippen LogP) is 4.17. The Bertz CT molecular complexity index is 1550. The molecule has 0 radical (unpaired) electrons. The molecule has 0 bridgehead atoms. The molecule has 0 saturated carbocycles. The zero-order valence-corrected chi connectivity index (χ0v) is 19.7. The standard InChI is InChI=1S/C28H22O8/c1-10-7-15-14(17(31)8-10)9-18-21-20(15)27(34)24-22(23(21)28(11(2)35-18)36-12(3)29)26(33)19-13(25(24)32)5-4-6-16(19)30/h4-8,11,18,28,30-31,34H,9H2,1-3H3/t11-,18+,28-/m1/s1. The van der Waals surface area contributed by atoms with Gasteiger partial charge in [0.05, 0.1) is 23.3 Å². The van der Waals surface area contributed by atoms with E-state index >= 15 is 0 Å². The van der Waals surface area contributed by atoms with Crippen LogP contribution in [0.2, 0.25) is 0 Å². The summed E-state index contributed by atoms with van der Waals surface area (Å²) in [6, 6.07) is 7.60. The Hall–Kier alpha value is -4.17. The van der Waals surface area contributed by atoms with Gasteiger partial charge in [-0.1, -0.05) is 18.2 Å². The van der Waals surface area contributed by atoms with E-state index in [-0.39, 0.29) is 51.3 Å². The fourth-order valence-corrected chi connectivity index (χ4v) is 5.90. The molecule has 36 heavy (non-hydrogen) atoms. The minimum atomic E-state index is -1.04. The number of carbonyl (C=O) groups excluding carboxylic acids is 3. The number of fused-ring (bicyclic) bond motifs is 5. The van der Waals surface area contributed by atoms with E-state index in [4.69, 9.17) is 9.47 Å². The average molecular weight is 486 g/mol. The molecule has 3 aliphatic rings. The van der Waals surface area contributed by atoms with Gasteiger partial charge in [0.25, 0.3) is 0 Å². The SMILES string of the molecule is CC(=O)O[C@H]1c2c3c(c(O)c4c2[C@H](Cc2c(O)cc(C)cc2-4)O[C@@H]1C)C(=O)c1cccc(O)c1C3=O. The Morgan fingerprint density at radius 2 is 1.69 bits per heavy atom. The molecule has 2 aliphatic carbocycles. The summed E-state index contributed by atoms with van der Waals surface area (Å²) in [5.74, 6) is -2.61. The van der Waals surface area contributed by atoms with E-state index in [0.717, 1.165) is 5.56 Å². The second kappa shape index (κ2) is 7.41. The van der Waals surface area contributed by atoms with Crippen molar-refractivity contribution in [2.24, 2.45) is 0 Å². The van der Waals surface area contributed by atoms with Crippen molar-refractivity contribution in [2.75, 3.05) is 0 Å². The summed E-state index contributed by atoms with van der Waals surface area (Å²) in [5.41, 5.74) is 2.28. The zero-order valence-electron chi connectivity index (χ0n) is 19.7. The fraction of sp³-hybridized carbons (Fsp3) is 0.250. The Morgan fingerprint density at radius 1 is 0.944 bits per heavy atom.